The van der Waals surface area contributed by atoms with Crippen LogP contribution in [0.1, 0.15) is 261 Å². The number of halogens is 4. The van der Waals surface area contributed by atoms with Crippen molar-refractivity contribution in [3.63, 3.8) is 0 Å². The Kier molecular flexibility index (Phi) is 28.4. The van der Waals surface area contributed by atoms with Crippen LogP contribution in [0.3, 0.4) is 0 Å². The largest absolute Gasteiger partial charge is 0.309 e. The lowest BCUT2D eigenvalue weighted by Crippen LogP contribution is -2.21. The molecule has 0 saturated heterocycles. The second kappa shape index (κ2) is 41.9. The molecule has 4 aromatic heterocycles. The molecule has 20 heteroatoms. The number of benzene rings is 9. The zero-order valence-electron chi connectivity index (χ0n) is 74.4. The SMILES string of the molecule is O=C(CCCc1ccccc1)Nc1nc2c(nc1C1CCCCC1)-c1ccc(F)cc1CC2.O=C(CCc1ccccc1)Nc1nc2c(nc1C1CCCCC1)-c1ccc(F)cc1CC2.O=C(Cc1ccc2ccccc2c1)Nc1nc2c(nc1C1CCCCC1)-c1ccc(F)cc1CC2.O=C(Cc1ccccc1)Nc1nc2c(nc1C1CCCCC1)-c1ccc(F)cc1CC2. The van der Waals surface area contributed by atoms with E-state index in [9.17, 15) is 36.7 Å². The molecule has 8 aliphatic rings. The highest BCUT2D eigenvalue weighted by atomic mass is 19.1. The Labute approximate surface area is 764 Å². The molecule has 8 aliphatic carbocycles. The van der Waals surface area contributed by atoms with Crippen LogP contribution in [0.25, 0.3) is 55.8 Å². The maximum atomic E-state index is 13.8. The molecular formula is C111H112F4N12O4. The van der Waals surface area contributed by atoms with E-state index in [0.717, 1.165) is 243 Å². The van der Waals surface area contributed by atoms with Crippen molar-refractivity contribution in [3.8, 4) is 45.0 Å². The van der Waals surface area contributed by atoms with Gasteiger partial charge in [-0.2, -0.15) is 0 Å². The monoisotopic (exact) mass is 1750 g/mol. The fourth-order valence-electron chi connectivity index (χ4n) is 20.6. The highest BCUT2D eigenvalue weighted by Gasteiger charge is 2.34. The predicted molar refractivity (Wildman–Crippen MR) is 509 cm³/mol. The number of aromatic nitrogens is 8. The van der Waals surface area contributed by atoms with Gasteiger partial charge < -0.3 is 21.3 Å². The van der Waals surface area contributed by atoms with Gasteiger partial charge in [0.05, 0.1) is 81.2 Å². The summed E-state index contributed by atoms with van der Waals surface area (Å²) in [4.78, 5) is 91.6. The molecule has 0 unspecified atom stereocenters. The van der Waals surface area contributed by atoms with Crippen LogP contribution in [0.15, 0.2) is 206 Å². The Balaban J connectivity index is 0.000000117. The molecule has 0 bridgehead atoms. The summed E-state index contributed by atoms with van der Waals surface area (Å²) in [5.74, 6) is 2.62. The van der Waals surface area contributed by atoms with Gasteiger partial charge in [-0.25, -0.2) is 57.4 Å². The molecular weight excluding hydrogens is 1640 g/mol. The number of amides is 4. The molecule has 0 radical (unpaired) electrons. The summed E-state index contributed by atoms with van der Waals surface area (Å²) in [7, 11) is 0. The van der Waals surface area contributed by atoms with Gasteiger partial charge in [-0.3, -0.25) is 19.2 Å². The van der Waals surface area contributed by atoms with E-state index in [1.54, 1.807) is 24.3 Å². The molecule has 4 heterocycles. The lowest BCUT2D eigenvalue weighted by Gasteiger charge is -2.26. The lowest BCUT2D eigenvalue weighted by molar-refractivity contribution is -0.117. The molecule has 21 rings (SSSR count). The minimum atomic E-state index is -0.217. The van der Waals surface area contributed by atoms with Gasteiger partial charge in [0.25, 0.3) is 0 Å². The molecule has 4 saturated carbocycles. The first-order valence-electron chi connectivity index (χ1n) is 47.7. The summed E-state index contributed by atoms with van der Waals surface area (Å²) in [6, 6.07) is 64.1. The second-order valence-corrected chi connectivity index (χ2v) is 36.6. The van der Waals surface area contributed by atoms with Gasteiger partial charge in [0.15, 0.2) is 23.3 Å². The molecule has 4 amide bonds. The van der Waals surface area contributed by atoms with Gasteiger partial charge in [0, 0.05) is 58.8 Å². The van der Waals surface area contributed by atoms with Crippen LogP contribution in [0.5, 0.6) is 0 Å². The van der Waals surface area contributed by atoms with Crippen molar-refractivity contribution >= 4 is 57.7 Å². The quantitative estimate of drug-likeness (QED) is 0.0556. The maximum Gasteiger partial charge on any atom is 0.229 e. The first-order valence-corrected chi connectivity index (χ1v) is 47.7. The summed E-state index contributed by atoms with van der Waals surface area (Å²) in [6.07, 6.45) is 32.4. The number of hydrogen-bond acceptors (Lipinski definition) is 12. The van der Waals surface area contributed by atoms with Crippen LogP contribution in [0.2, 0.25) is 0 Å². The highest BCUT2D eigenvalue weighted by molar-refractivity contribution is 5.95. The zero-order chi connectivity index (χ0) is 89.5. The second-order valence-electron chi connectivity index (χ2n) is 36.6. The molecule has 0 atom stereocenters. The standard InChI is InChI=1S/C30H28FN3O.C28H30FN3O.C27H28FN3O.C26H26FN3O/c31-24-13-14-25-23(18-24)12-15-26-29(25)34-28(21-7-2-1-3-8-21)30(32-26)33-27(35)17-19-10-11-20-6-4-5-9-22(20)16-19;29-22-15-16-23-21(18-22)14-17-24-27(23)32-26(20-11-5-2-6-12-20)28(30-24)31-25(33)13-7-10-19-8-3-1-4-9-19;28-21-13-14-22-20(17-21)12-15-23-26(22)31-25(19-9-5-2-6-10-19)27(29-23)30-24(32)16-11-18-7-3-1-4-8-18;27-20-12-13-21-19(16-20)11-14-22-25(21)30-24(18-9-5-2-6-10-18)26(28-22)29-23(31)15-17-7-3-1-4-8-17/h4-6,9-11,13-14,16,18,21H,1-3,7-8,12,15,17H2,(H,32,33,35);1,3-4,8-9,15-16,18,20H,2,5-7,10-14,17H2,(H,30,31,33);1,3-4,7-8,13-14,17,19H,2,5-6,9-12,15-16H2,(H,29,30,32);1,3-4,7-8,12-13,16,18H,2,5-6,9-11,14-15H2,(H,28,29,31). The molecule has 0 spiro atoms. The third kappa shape index (κ3) is 21.9. The average molecular weight is 1750 g/mol. The van der Waals surface area contributed by atoms with Crippen LogP contribution >= 0.6 is 0 Å². The molecule has 4 fully saturated rings. The van der Waals surface area contributed by atoms with Crippen molar-refractivity contribution in [2.45, 2.75) is 248 Å². The average Bonchev–Trinajstić information content (AvgIpc) is 0.777. The fourth-order valence-corrected chi connectivity index (χ4v) is 20.6. The number of anilines is 4. The number of hydrogen-bond donors (Lipinski definition) is 4. The van der Waals surface area contributed by atoms with E-state index in [-0.39, 0.29) is 59.2 Å². The van der Waals surface area contributed by atoms with Gasteiger partial charge in [0.1, 0.15) is 23.3 Å². The number of fused-ring (bicyclic) bond motifs is 13. The van der Waals surface area contributed by atoms with E-state index in [2.05, 4.69) is 57.7 Å². The van der Waals surface area contributed by atoms with Crippen molar-refractivity contribution in [1.29, 1.82) is 0 Å². The van der Waals surface area contributed by atoms with Crippen molar-refractivity contribution in [1.82, 2.24) is 39.9 Å². The van der Waals surface area contributed by atoms with Crippen molar-refractivity contribution < 1.29 is 36.7 Å². The molecule has 9 aromatic carbocycles. The van der Waals surface area contributed by atoms with Crippen LogP contribution in [-0.4, -0.2) is 63.5 Å². The van der Waals surface area contributed by atoms with Crippen LogP contribution in [0.4, 0.5) is 40.8 Å². The predicted octanol–water partition coefficient (Wildman–Crippen LogP) is 24.8. The normalized spacial score (nSPS) is 15.6. The molecule has 16 nitrogen and oxygen atoms in total. The van der Waals surface area contributed by atoms with E-state index in [0.29, 0.717) is 92.4 Å². The number of aryl methyl sites for hydroxylation is 10. The molecule has 13 aromatic rings. The Morgan fingerprint density at radius 2 is 0.565 bits per heavy atom. The van der Waals surface area contributed by atoms with Gasteiger partial charge in [-0.1, -0.05) is 211 Å². The number of rotatable bonds is 19. The Morgan fingerprint density at radius 1 is 0.267 bits per heavy atom. The summed E-state index contributed by atoms with van der Waals surface area (Å²) in [6.45, 7) is 0. The van der Waals surface area contributed by atoms with Crippen molar-refractivity contribution in [2.24, 2.45) is 0 Å². The molecule has 4 N–H and O–H groups in total. The van der Waals surface area contributed by atoms with Crippen molar-refractivity contribution in [3.05, 3.63) is 320 Å². The smallest absolute Gasteiger partial charge is 0.229 e. The van der Waals surface area contributed by atoms with Gasteiger partial charge in [-0.15, -0.1) is 0 Å². The third-order valence-corrected chi connectivity index (χ3v) is 27.4. The van der Waals surface area contributed by atoms with Crippen LogP contribution < -0.4 is 21.3 Å². The Morgan fingerprint density at radius 3 is 0.916 bits per heavy atom. The fraction of sp³-hybridized carbons (Fsp3) is 0.351. The third-order valence-electron chi connectivity index (χ3n) is 27.4. The van der Waals surface area contributed by atoms with E-state index < -0.39 is 0 Å². The molecule has 0 aliphatic heterocycles. The first-order chi connectivity index (χ1) is 64.1. The zero-order valence-corrected chi connectivity index (χ0v) is 74.4. The first kappa shape index (κ1) is 88.8. The number of nitrogens with one attached hydrogen (secondary N) is 4. The minimum absolute atomic E-state index is 0.00415. The number of carbonyl (C=O) groups excluding carboxylic acids is 4. The number of nitrogens with zero attached hydrogens (tertiary/aromatic N) is 8. The highest BCUT2D eigenvalue weighted by Crippen LogP contribution is 2.46. The van der Waals surface area contributed by atoms with Crippen molar-refractivity contribution in [2.75, 3.05) is 21.3 Å². The summed E-state index contributed by atoms with van der Waals surface area (Å²) >= 11 is 0. The van der Waals surface area contributed by atoms with Gasteiger partial charge in [-0.05, 0) is 250 Å². The molecule has 131 heavy (non-hydrogen) atoms. The maximum absolute atomic E-state index is 13.8. The van der Waals surface area contributed by atoms with Crippen LogP contribution in [0, 0.1) is 23.3 Å². The molecule has 668 valence electrons. The van der Waals surface area contributed by atoms with Gasteiger partial charge in [0.2, 0.25) is 23.6 Å². The summed E-state index contributed by atoms with van der Waals surface area (Å²) < 4.78 is 55.1. The lowest BCUT2D eigenvalue weighted by atomic mass is 9.85. The topological polar surface area (TPSA) is 220 Å². The Hall–Kier alpha value is -12.8. The number of carbonyl (C=O) groups is 4. The summed E-state index contributed by atoms with van der Waals surface area (Å²) in [5.41, 5.74) is 22.7. The van der Waals surface area contributed by atoms with E-state index in [4.69, 9.17) is 39.9 Å². The van der Waals surface area contributed by atoms with Gasteiger partial charge >= 0.3 is 0 Å². The van der Waals surface area contributed by atoms with E-state index in [1.165, 1.54) is 94.0 Å². The summed E-state index contributed by atoms with van der Waals surface area (Å²) in [5, 5.41) is 14.7. The van der Waals surface area contributed by atoms with E-state index in [1.807, 2.05) is 121 Å². The Bertz CT molecular complexity index is 6310. The van der Waals surface area contributed by atoms with E-state index >= 15 is 0 Å². The minimum Gasteiger partial charge on any atom is -0.309 e. The van der Waals surface area contributed by atoms with Crippen LogP contribution in [-0.2, 0) is 96.2 Å².